The standard InChI is InChI=1S/C13H16ClN/c1-10-12(14)8-5-9-13(10)15-11-6-3-2-4-7-11/h3,5-6,8-9,11,15H,2,4,7H2,1H3. The summed E-state index contributed by atoms with van der Waals surface area (Å²) in [6.07, 6.45) is 8.20. The van der Waals surface area contributed by atoms with Crippen LogP contribution in [0.3, 0.4) is 0 Å². The number of halogens is 1. The first-order chi connectivity index (χ1) is 7.27. The summed E-state index contributed by atoms with van der Waals surface area (Å²) in [6, 6.07) is 6.48. The number of rotatable bonds is 2. The molecule has 15 heavy (non-hydrogen) atoms. The molecule has 1 nitrogen and oxygen atoms in total. The molecule has 0 fully saturated rings. The predicted octanol–water partition coefficient (Wildman–Crippen LogP) is 4.17. The molecule has 2 heteroatoms. The van der Waals surface area contributed by atoms with E-state index in [1.807, 2.05) is 12.1 Å². The second kappa shape index (κ2) is 4.71. The van der Waals surface area contributed by atoms with Crippen molar-refractivity contribution in [2.24, 2.45) is 0 Å². The molecule has 0 spiro atoms. The van der Waals surface area contributed by atoms with E-state index in [0.717, 1.165) is 16.3 Å². The molecule has 0 aliphatic heterocycles. The SMILES string of the molecule is Cc1c(Cl)cccc1NC1C=CCCC1. The van der Waals surface area contributed by atoms with E-state index >= 15 is 0 Å². The Hall–Kier alpha value is -0.950. The maximum Gasteiger partial charge on any atom is 0.0455 e. The van der Waals surface area contributed by atoms with Gasteiger partial charge in [0, 0.05) is 16.8 Å². The van der Waals surface area contributed by atoms with Crippen LogP contribution in [0.15, 0.2) is 30.4 Å². The van der Waals surface area contributed by atoms with Crippen molar-refractivity contribution in [1.82, 2.24) is 0 Å². The summed E-state index contributed by atoms with van der Waals surface area (Å²) in [7, 11) is 0. The first kappa shape index (κ1) is 10.6. The molecule has 1 aromatic carbocycles. The van der Waals surface area contributed by atoms with Gasteiger partial charge >= 0.3 is 0 Å². The van der Waals surface area contributed by atoms with Crippen LogP contribution in [-0.2, 0) is 0 Å². The van der Waals surface area contributed by atoms with Crippen LogP contribution in [0.4, 0.5) is 5.69 Å². The van der Waals surface area contributed by atoms with Crippen molar-refractivity contribution in [2.45, 2.75) is 32.2 Å². The third-order valence-corrected chi connectivity index (χ3v) is 3.27. The molecule has 1 N–H and O–H groups in total. The predicted molar refractivity (Wildman–Crippen MR) is 66.6 cm³/mol. The number of hydrogen-bond donors (Lipinski definition) is 1. The maximum absolute atomic E-state index is 6.07. The highest BCUT2D eigenvalue weighted by Crippen LogP contribution is 2.25. The van der Waals surface area contributed by atoms with Crippen molar-refractivity contribution < 1.29 is 0 Å². The Kier molecular flexibility index (Phi) is 3.32. The monoisotopic (exact) mass is 221 g/mol. The van der Waals surface area contributed by atoms with Gasteiger partial charge in [-0.2, -0.15) is 0 Å². The molecule has 0 radical (unpaired) electrons. The van der Waals surface area contributed by atoms with Crippen molar-refractivity contribution in [3.05, 3.63) is 40.9 Å². The summed E-state index contributed by atoms with van der Waals surface area (Å²) in [5.74, 6) is 0. The van der Waals surface area contributed by atoms with Gasteiger partial charge in [0.05, 0.1) is 0 Å². The first-order valence-corrected chi connectivity index (χ1v) is 5.83. The molecule has 1 aromatic rings. The van der Waals surface area contributed by atoms with Gasteiger partial charge in [-0.15, -0.1) is 0 Å². The lowest BCUT2D eigenvalue weighted by atomic mass is 10.0. The van der Waals surface area contributed by atoms with E-state index in [-0.39, 0.29) is 0 Å². The molecule has 0 amide bonds. The van der Waals surface area contributed by atoms with Crippen molar-refractivity contribution in [1.29, 1.82) is 0 Å². The minimum absolute atomic E-state index is 0.468. The van der Waals surface area contributed by atoms with Crippen molar-refractivity contribution in [3.8, 4) is 0 Å². The fourth-order valence-corrected chi connectivity index (χ4v) is 2.07. The van der Waals surface area contributed by atoms with Gasteiger partial charge < -0.3 is 5.32 Å². The minimum atomic E-state index is 0.468. The van der Waals surface area contributed by atoms with Crippen molar-refractivity contribution in [2.75, 3.05) is 5.32 Å². The van der Waals surface area contributed by atoms with Gasteiger partial charge in [-0.3, -0.25) is 0 Å². The first-order valence-electron chi connectivity index (χ1n) is 5.45. The lowest BCUT2D eigenvalue weighted by Crippen LogP contribution is -2.19. The fraction of sp³-hybridized carbons (Fsp3) is 0.385. The molecular weight excluding hydrogens is 206 g/mol. The number of allylic oxidation sites excluding steroid dienone is 1. The molecule has 80 valence electrons. The average Bonchev–Trinajstić information content (AvgIpc) is 2.26. The van der Waals surface area contributed by atoms with E-state index in [1.165, 1.54) is 19.3 Å². The Morgan fingerprint density at radius 3 is 3.00 bits per heavy atom. The second-order valence-corrected chi connectivity index (χ2v) is 4.43. The fourth-order valence-electron chi connectivity index (χ4n) is 1.90. The van der Waals surface area contributed by atoms with Gasteiger partial charge in [0.1, 0.15) is 0 Å². The number of benzene rings is 1. The number of anilines is 1. The van der Waals surface area contributed by atoms with Gasteiger partial charge in [-0.05, 0) is 43.9 Å². The van der Waals surface area contributed by atoms with E-state index in [1.54, 1.807) is 0 Å². The zero-order chi connectivity index (χ0) is 10.7. The van der Waals surface area contributed by atoms with Crippen LogP contribution in [-0.4, -0.2) is 6.04 Å². The quantitative estimate of drug-likeness (QED) is 0.740. The van der Waals surface area contributed by atoms with Crippen molar-refractivity contribution >= 4 is 17.3 Å². The Labute approximate surface area is 96.1 Å². The van der Waals surface area contributed by atoms with Gasteiger partial charge in [0.25, 0.3) is 0 Å². The Bertz CT molecular complexity index is 371. The van der Waals surface area contributed by atoms with Gasteiger partial charge in [-0.25, -0.2) is 0 Å². The molecule has 1 aliphatic rings. The molecule has 0 bridgehead atoms. The molecule has 0 saturated heterocycles. The largest absolute Gasteiger partial charge is 0.379 e. The molecule has 1 aliphatic carbocycles. The van der Waals surface area contributed by atoms with Crippen LogP contribution in [0, 0.1) is 6.92 Å². The molecule has 0 aromatic heterocycles. The molecule has 1 atom stereocenters. The van der Waals surface area contributed by atoms with Crippen LogP contribution in [0.25, 0.3) is 0 Å². The van der Waals surface area contributed by atoms with Crippen LogP contribution < -0.4 is 5.32 Å². The summed E-state index contributed by atoms with van der Waals surface area (Å²) < 4.78 is 0. The Balaban J connectivity index is 2.13. The van der Waals surface area contributed by atoms with E-state index in [2.05, 4.69) is 30.5 Å². The van der Waals surface area contributed by atoms with Crippen LogP contribution in [0.5, 0.6) is 0 Å². The van der Waals surface area contributed by atoms with E-state index in [4.69, 9.17) is 11.6 Å². The van der Waals surface area contributed by atoms with E-state index in [9.17, 15) is 0 Å². The average molecular weight is 222 g/mol. The number of nitrogens with one attached hydrogen (secondary N) is 1. The Morgan fingerprint density at radius 2 is 2.27 bits per heavy atom. The summed E-state index contributed by atoms with van der Waals surface area (Å²) in [5, 5.41) is 4.35. The molecular formula is C13H16ClN. The minimum Gasteiger partial charge on any atom is -0.379 e. The summed E-state index contributed by atoms with van der Waals surface area (Å²) in [4.78, 5) is 0. The molecule has 2 rings (SSSR count). The zero-order valence-electron chi connectivity index (χ0n) is 8.96. The van der Waals surface area contributed by atoms with Gasteiger partial charge in [0.2, 0.25) is 0 Å². The second-order valence-electron chi connectivity index (χ2n) is 4.02. The maximum atomic E-state index is 6.07. The molecule has 1 unspecified atom stereocenters. The highest BCUT2D eigenvalue weighted by atomic mass is 35.5. The normalized spacial score (nSPS) is 20.3. The third kappa shape index (κ3) is 2.54. The summed E-state index contributed by atoms with van der Waals surface area (Å²) in [5.41, 5.74) is 2.29. The van der Waals surface area contributed by atoms with Crippen LogP contribution >= 0.6 is 11.6 Å². The summed E-state index contributed by atoms with van der Waals surface area (Å²) in [6.45, 7) is 2.05. The van der Waals surface area contributed by atoms with E-state index in [0.29, 0.717) is 6.04 Å². The topological polar surface area (TPSA) is 12.0 Å². The van der Waals surface area contributed by atoms with Crippen LogP contribution in [0.1, 0.15) is 24.8 Å². The molecule has 0 heterocycles. The lowest BCUT2D eigenvalue weighted by Gasteiger charge is -2.20. The zero-order valence-corrected chi connectivity index (χ0v) is 9.72. The summed E-state index contributed by atoms with van der Waals surface area (Å²) >= 11 is 6.07. The van der Waals surface area contributed by atoms with Crippen molar-refractivity contribution in [3.63, 3.8) is 0 Å². The lowest BCUT2D eigenvalue weighted by molar-refractivity contribution is 0.673. The molecule has 0 saturated carbocycles. The van der Waals surface area contributed by atoms with Gasteiger partial charge in [-0.1, -0.05) is 29.8 Å². The smallest absolute Gasteiger partial charge is 0.0455 e. The van der Waals surface area contributed by atoms with Crippen LogP contribution in [0.2, 0.25) is 5.02 Å². The van der Waals surface area contributed by atoms with Gasteiger partial charge in [0.15, 0.2) is 0 Å². The number of hydrogen-bond acceptors (Lipinski definition) is 1. The Morgan fingerprint density at radius 1 is 1.40 bits per heavy atom. The highest BCUT2D eigenvalue weighted by Gasteiger charge is 2.09. The van der Waals surface area contributed by atoms with E-state index < -0.39 is 0 Å². The highest BCUT2D eigenvalue weighted by molar-refractivity contribution is 6.31. The third-order valence-electron chi connectivity index (χ3n) is 2.86.